The Kier molecular flexibility index (Phi) is 1.55. The van der Waals surface area contributed by atoms with Crippen molar-refractivity contribution in [1.82, 2.24) is 4.98 Å². The lowest BCUT2D eigenvalue weighted by molar-refractivity contribution is 0.0690. The summed E-state index contributed by atoms with van der Waals surface area (Å²) in [6, 6.07) is 1.13. The smallest absolute Gasteiger partial charge is 0.353 e. The van der Waals surface area contributed by atoms with Crippen molar-refractivity contribution in [3.8, 4) is 5.88 Å². The van der Waals surface area contributed by atoms with Gasteiger partial charge in [-0.15, -0.1) is 0 Å². The molecule has 0 unspecified atom stereocenters. The number of carbonyl (C=O) groups is 1. The van der Waals surface area contributed by atoms with E-state index < -0.39 is 5.97 Å². The molecule has 0 bridgehead atoms. The van der Waals surface area contributed by atoms with E-state index in [9.17, 15) is 4.79 Å². The van der Waals surface area contributed by atoms with Gasteiger partial charge in [-0.1, -0.05) is 11.6 Å². The minimum Gasteiger partial charge on any atom is -0.495 e. The summed E-state index contributed by atoms with van der Waals surface area (Å²) >= 11 is 5.37. The van der Waals surface area contributed by atoms with Crippen LogP contribution in [0.5, 0.6) is 5.88 Å². The van der Waals surface area contributed by atoms with Gasteiger partial charge in [-0.2, -0.15) is 0 Å². The molecule has 3 N–H and O–H groups in total. The van der Waals surface area contributed by atoms with Gasteiger partial charge in [0, 0.05) is 6.07 Å². The van der Waals surface area contributed by atoms with E-state index in [2.05, 4.69) is 4.98 Å². The Morgan fingerprint density at radius 3 is 2.50 bits per heavy atom. The summed E-state index contributed by atoms with van der Waals surface area (Å²) < 4.78 is 0. The van der Waals surface area contributed by atoms with Gasteiger partial charge < -0.3 is 15.2 Å². The van der Waals surface area contributed by atoms with Gasteiger partial charge in [-0.3, -0.25) is 0 Å². The highest BCUT2D eigenvalue weighted by molar-refractivity contribution is 6.33. The number of hydrogen-bond acceptors (Lipinski definition) is 2. The second kappa shape index (κ2) is 2.22. The van der Waals surface area contributed by atoms with Gasteiger partial charge in [0.1, 0.15) is 5.69 Å². The number of hydrogen-bond donors (Lipinski definition) is 3. The van der Waals surface area contributed by atoms with E-state index in [1.165, 1.54) is 0 Å². The monoisotopic (exact) mass is 161 g/mol. The maximum Gasteiger partial charge on any atom is 0.353 e. The molecule has 0 aromatic carbocycles. The van der Waals surface area contributed by atoms with Gasteiger partial charge >= 0.3 is 5.97 Å². The zero-order valence-corrected chi connectivity index (χ0v) is 5.51. The molecule has 0 saturated heterocycles. The number of aromatic nitrogens is 1. The number of aromatic amines is 1. The molecule has 0 aliphatic carbocycles. The average Bonchev–Trinajstić information content (AvgIpc) is 2.10. The van der Waals surface area contributed by atoms with Crippen molar-refractivity contribution < 1.29 is 15.0 Å². The van der Waals surface area contributed by atoms with Crippen molar-refractivity contribution in [2.75, 3.05) is 0 Å². The van der Waals surface area contributed by atoms with E-state index in [-0.39, 0.29) is 16.6 Å². The van der Waals surface area contributed by atoms with Crippen LogP contribution >= 0.6 is 11.6 Å². The van der Waals surface area contributed by atoms with Crippen LogP contribution in [0.25, 0.3) is 0 Å². The molecule has 1 aromatic heterocycles. The predicted octanol–water partition coefficient (Wildman–Crippen LogP) is 1.07. The van der Waals surface area contributed by atoms with Gasteiger partial charge in [0.25, 0.3) is 0 Å². The number of aromatic hydroxyl groups is 1. The second-order valence-corrected chi connectivity index (χ2v) is 2.09. The van der Waals surface area contributed by atoms with E-state index in [0.717, 1.165) is 6.07 Å². The van der Waals surface area contributed by atoms with Crippen LogP contribution in [0.2, 0.25) is 5.02 Å². The first-order valence-electron chi connectivity index (χ1n) is 2.42. The van der Waals surface area contributed by atoms with Crippen molar-refractivity contribution in [3.63, 3.8) is 0 Å². The maximum atomic E-state index is 10.2. The molecule has 0 atom stereocenters. The molecule has 0 amide bonds. The molecule has 0 spiro atoms. The Morgan fingerprint density at radius 1 is 1.70 bits per heavy atom. The molecule has 54 valence electrons. The Hall–Kier alpha value is -1.16. The molecule has 5 heteroatoms. The van der Waals surface area contributed by atoms with Crippen molar-refractivity contribution in [1.29, 1.82) is 0 Å². The summed E-state index contributed by atoms with van der Waals surface area (Å²) in [4.78, 5) is 12.4. The molecular formula is C5H4ClNO3. The van der Waals surface area contributed by atoms with Gasteiger partial charge in [0.2, 0.25) is 0 Å². The topological polar surface area (TPSA) is 73.3 Å². The fourth-order valence-corrected chi connectivity index (χ4v) is 0.803. The summed E-state index contributed by atoms with van der Waals surface area (Å²) in [5.74, 6) is -1.44. The van der Waals surface area contributed by atoms with E-state index >= 15 is 0 Å². The fourth-order valence-electron chi connectivity index (χ4n) is 0.572. The molecular weight excluding hydrogens is 158 g/mol. The SMILES string of the molecule is O=C(O)c1[nH]c(O)cc1Cl. The van der Waals surface area contributed by atoms with Crippen LogP contribution in [0.1, 0.15) is 10.5 Å². The number of halogens is 1. The van der Waals surface area contributed by atoms with Crippen LogP contribution in [-0.4, -0.2) is 21.2 Å². The third-order valence-electron chi connectivity index (χ3n) is 0.969. The van der Waals surface area contributed by atoms with E-state index in [4.69, 9.17) is 21.8 Å². The number of carboxylic acids is 1. The maximum absolute atomic E-state index is 10.2. The first kappa shape index (κ1) is 6.95. The zero-order chi connectivity index (χ0) is 7.72. The van der Waals surface area contributed by atoms with Gasteiger partial charge in [-0.05, 0) is 0 Å². The van der Waals surface area contributed by atoms with E-state index in [1.54, 1.807) is 0 Å². The molecule has 1 aromatic rings. The molecule has 0 aliphatic rings. The van der Waals surface area contributed by atoms with Crippen LogP contribution in [0.3, 0.4) is 0 Å². The van der Waals surface area contributed by atoms with Crippen LogP contribution in [0.4, 0.5) is 0 Å². The fraction of sp³-hybridized carbons (Fsp3) is 0. The standard InChI is InChI=1S/C5H4ClNO3/c6-2-1-3(8)7-4(2)5(9)10/h1,7-8H,(H,9,10). The minimum absolute atomic E-state index is 0.00463. The van der Waals surface area contributed by atoms with Crippen LogP contribution < -0.4 is 0 Å². The number of nitrogens with one attached hydrogen (secondary N) is 1. The first-order valence-corrected chi connectivity index (χ1v) is 2.80. The third kappa shape index (κ3) is 1.06. The molecule has 0 saturated carbocycles. The summed E-state index contributed by atoms with van der Waals surface area (Å²) in [6.07, 6.45) is 0. The van der Waals surface area contributed by atoms with Crippen molar-refractivity contribution in [2.45, 2.75) is 0 Å². The predicted molar refractivity (Wildman–Crippen MR) is 34.4 cm³/mol. The second-order valence-electron chi connectivity index (χ2n) is 1.68. The quantitative estimate of drug-likeness (QED) is 0.577. The zero-order valence-electron chi connectivity index (χ0n) is 4.76. The van der Waals surface area contributed by atoms with Crippen LogP contribution in [0.15, 0.2) is 6.07 Å². The van der Waals surface area contributed by atoms with Crippen LogP contribution in [-0.2, 0) is 0 Å². The molecule has 0 aliphatic heterocycles. The largest absolute Gasteiger partial charge is 0.495 e. The number of aromatic carboxylic acids is 1. The highest BCUT2D eigenvalue weighted by atomic mass is 35.5. The highest BCUT2D eigenvalue weighted by Crippen LogP contribution is 2.20. The Labute approximate surface area is 61.1 Å². The molecule has 1 heterocycles. The van der Waals surface area contributed by atoms with Crippen molar-refractivity contribution >= 4 is 17.6 Å². The summed E-state index contributed by atoms with van der Waals surface area (Å²) in [6.45, 7) is 0. The lowest BCUT2D eigenvalue weighted by atomic mass is 10.4. The van der Waals surface area contributed by atoms with Crippen molar-refractivity contribution in [3.05, 3.63) is 16.8 Å². The van der Waals surface area contributed by atoms with Gasteiger partial charge in [0.15, 0.2) is 5.88 Å². The first-order chi connectivity index (χ1) is 4.61. The van der Waals surface area contributed by atoms with Crippen LogP contribution in [0, 0.1) is 0 Å². The van der Waals surface area contributed by atoms with Gasteiger partial charge in [0.05, 0.1) is 5.02 Å². The Morgan fingerprint density at radius 2 is 2.30 bits per heavy atom. The number of H-pyrrole nitrogens is 1. The number of carboxylic acid groups (broad SMARTS) is 1. The molecule has 0 radical (unpaired) electrons. The van der Waals surface area contributed by atoms with Crippen molar-refractivity contribution in [2.24, 2.45) is 0 Å². The summed E-state index contributed by atoms with van der Waals surface area (Å²) in [5, 5.41) is 17.0. The highest BCUT2D eigenvalue weighted by Gasteiger charge is 2.11. The third-order valence-corrected chi connectivity index (χ3v) is 1.27. The molecule has 1 rings (SSSR count). The van der Waals surface area contributed by atoms with E-state index in [1.807, 2.05) is 0 Å². The lowest BCUT2D eigenvalue weighted by Gasteiger charge is -1.85. The summed E-state index contributed by atoms with van der Waals surface area (Å²) in [5.41, 5.74) is -0.195. The normalized spacial score (nSPS) is 9.70. The minimum atomic E-state index is -1.19. The number of rotatable bonds is 1. The average molecular weight is 162 g/mol. The Bertz CT molecular complexity index is 268. The molecule has 0 fully saturated rings. The molecule has 4 nitrogen and oxygen atoms in total. The van der Waals surface area contributed by atoms with E-state index in [0.29, 0.717) is 0 Å². The van der Waals surface area contributed by atoms with Gasteiger partial charge in [-0.25, -0.2) is 4.79 Å². The summed E-state index contributed by atoms with van der Waals surface area (Å²) in [7, 11) is 0. The lowest BCUT2D eigenvalue weighted by Crippen LogP contribution is -1.96. The molecule has 10 heavy (non-hydrogen) atoms. The Balaban J connectivity index is 3.15.